The molecule has 386 valence electrons. The molecule has 0 spiro atoms. The topological polar surface area (TPSA) is 32.8 Å². The zero-order chi connectivity index (χ0) is 52.7. The van der Waals surface area contributed by atoms with Gasteiger partial charge < -0.3 is 18.6 Å². The molecule has 0 bridgehead atoms. The van der Waals surface area contributed by atoms with Gasteiger partial charge in [0, 0.05) is 66.2 Å². The van der Waals surface area contributed by atoms with Crippen molar-refractivity contribution in [2.75, 3.05) is 9.80 Å². The molecule has 80 heavy (non-hydrogen) atoms. The van der Waals surface area contributed by atoms with Crippen LogP contribution in [0.1, 0.15) is 87.2 Å². The zero-order valence-electron chi connectivity index (χ0n) is 44.9. The summed E-state index contributed by atoms with van der Waals surface area (Å²) in [5.74, 6) is 0.914. The van der Waals surface area contributed by atoms with Crippen LogP contribution in [-0.2, 0) is 0 Å². The highest BCUT2D eigenvalue weighted by molar-refractivity contribution is 6.29. The molecule has 2 fully saturated rings. The van der Waals surface area contributed by atoms with Crippen LogP contribution in [0.3, 0.4) is 0 Å². The summed E-state index contributed by atoms with van der Waals surface area (Å²) in [6.45, 7) is 0. The average molecular weight is 1030 g/mol. The summed E-state index contributed by atoms with van der Waals surface area (Å²) in [6.07, 6.45) is 12.4. The van der Waals surface area contributed by atoms with Crippen LogP contribution < -0.4 is 9.80 Å². The van der Waals surface area contributed by atoms with E-state index in [1.165, 1.54) is 119 Å². The van der Waals surface area contributed by atoms with Gasteiger partial charge in [-0.15, -0.1) is 0 Å². The summed E-state index contributed by atoms with van der Waals surface area (Å²) >= 11 is 0. The van der Waals surface area contributed by atoms with Crippen LogP contribution >= 0.6 is 0 Å². The second kappa shape index (κ2) is 19.4. The minimum absolute atomic E-state index is 0.457. The number of furan rings is 2. The number of benzene rings is 12. The molecule has 2 aliphatic rings. The molecule has 4 nitrogen and oxygen atoms in total. The van der Waals surface area contributed by atoms with E-state index in [0.29, 0.717) is 11.8 Å². The average Bonchev–Trinajstić information content (AvgIpc) is 4.20. The van der Waals surface area contributed by atoms with Gasteiger partial charge in [0.2, 0.25) is 0 Å². The van der Waals surface area contributed by atoms with Crippen LogP contribution in [0.2, 0.25) is 0 Å². The molecule has 2 saturated carbocycles. The van der Waals surface area contributed by atoms with Crippen molar-refractivity contribution in [3.05, 3.63) is 242 Å². The molecule has 2 aromatic heterocycles. The third-order valence-corrected chi connectivity index (χ3v) is 18.2. The molecule has 14 aromatic rings. The largest absolute Gasteiger partial charge is 0.455 e. The van der Waals surface area contributed by atoms with Gasteiger partial charge in [0.25, 0.3) is 0 Å². The summed E-state index contributed by atoms with van der Waals surface area (Å²) in [6, 6.07) is 85.6. The fourth-order valence-electron chi connectivity index (χ4n) is 14.5. The summed E-state index contributed by atoms with van der Waals surface area (Å²) in [5.41, 5.74) is 18.0. The minimum Gasteiger partial charge on any atom is -0.455 e. The maximum absolute atomic E-state index is 6.68. The molecule has 2 aliphatic carbocycles. The Bertz CT molecular complexity index is 4340. The molecule has 16 rings (SSSR count). The van der Waals surface area contributed by atoms with E-state index in [9.17, 15) is 0 Å². The SMILES string of the molecule is c1ccc(N(c2cccc(-c3cccc4c3oc3ccccc34)c2)c2cc(C3CCCCC3)c3ccc4c(N(c5ccccc5)c5cccc(-c6cccc7c6oc6ccccc67)c5)cc(C5CCCCC5)c5ccc2c3c54)cc1. The summed E-state index contributed by atoms with van der Waals surface area (Å²) in [7, 11) is 0. The molecule has 4 heteroatoms. The quantitative estimate of drug-likeness (QED) is 0.128. The first-order valence-corrected chi connectivity index (χ1v) is 29.2. The molecule has 0 amide bonds. The lowest BCUT2D eigenvalue weighted by Gasteiger charge is -2.33. The normalized spacial score (nSPS) is 14.7. The standard InChI is InChI=1S/C76H60N2O2/c1-5-21-49(22-6-1)67-47-69(77(53-27-9-3-10-28-53)55-31-17-25-51(45-55)57-35-19-37-63-59-33-13-15-39-71(59)79-75(57)63)65-44-42-62-68(50-23-7-2-8-24-50)48-70(66-43-41-61(67)73(65)74(62)66)78(54-29-11-4-12-30-54)56-32-18-26-52(46-56)58-36-20-38-64-60-34-14-16-40-72(60)80-76(58)64/h3-4,9-20,25-50H,1-2,5-8,21-24H2. The lowest BCUT2D eigenvalue weighted by Crippen LogP contribution is -2.14. The maximum Gasteiger partial charge on any atom is 0.143 e. The van der Waals surface area contributed by atoms with Crippen molar-refractivity contribution >= 4 is 110 Å². The Labute approximate surface area is 466 Å². The fraction of sp³-hybridized carbons (Fsp3) is 0.158. The maximum atomic E-state index is 6.68. The number of hydrogen-bond acceptors (Lipinski definition) is 4. The van der Waals surface area contributed by atoms with Crippen molar-refractivity contribution in [1.82, 2.24) is 0 Å². The number of fused-ring (bicyclic) bond motifs is 6. The van der Waals surface area contributed by atoms with Crippen molar-refractivity contribution in [3.8, 4) is 22.3 Å². The molecule has 0 atom stereocenters. The van der Waals surface area contributed by atoms with E-state index in [4.69, 9.17) is 8.83 Å². The predicted octanol–water partition coefficient (Wildman–Crippen LogP) is 22.8. The zero-order valence-corrected chi connectivity index (χ0v) is 44.9. The van der Waals surface area contributed by atoms with Crippen LogP contribution in [0.5, 0.6) is 0 Å². The summed E-state index contributed by atoms with van der Waals surface area (Å²) in [5, 5.41) is 12.6. The lowest BCUT2D eigenvalue weighted by atomic mass is 9.77. The van der Waals surface area contributed by atoms with Gasteiger partial charge in [-0.2, -0.15) is 0 Å². The monoisotopic (exact) mass is 1030 g/mol. The number of anilines is 6. The van der Waals surface area contributed by atoms with Gasteiger partial charge in [0.1, 0.15) is 22.3 Å². The first kappa shape index (κ1) is 46.9. The van der Waals surface area contributed by atoms with Crippen LogP contribution in [0, 0.1) is 0 Å². The second-order valence-corrected chi connectivity index (χ2v) is 22.7. The van der Waals surface area contributed by atoms with Crippen molar-refractivity contribution < 1.29 is 8.83 Å². The lowest BCUT2D eigenvalue weighted by molar-refractivity contribution is 0.445. The van der Waals surface area contributed by atoms with E-state index in [2.05, 4.69) is 240 Å². The van der Waals surface area contributed by atoms with Gasteiger partial charge in [-0.3, -0.25) is 0 Å². The number of nitrogens with zero attached hydrogens (tertiary/aromatic N) is 2. The van der Waals surface area contributed by atoms with Crippen molar-refractivity contribution in [2.45, 2.75) is 76.0 Å². The molecule has 0 saturated heterocycles. The van der Waals surface area contributed by atoms with E-state index in [0.717, 1.165) is 88.9 Å². The van der Waals surface area contributed by atoms with Crippen molar-refractivity contribution in [3.63, 3.8) is 0 Å². The van der Waals surface area contributed by atoms with Crippen LogP contribution in [0.15, 0.2) is 239 Å². The van der Waals surface area contributed by atoms with E-state index in [1.54, 1.807) is 0 Å². The number of para-hydroxylation sites is 6. The fourth-order valence-corrected chi connectivity index (χ4v) is 14.5. The highest BCUT2D eigenvalue weighted by Crippen LogP contribution is 2.54. The summed E-state index contributed by atoms with van der Waals surface area (Å²) in [4.78, 5) is 5.10. The first-order chi connectivity index (χ1) is 39.7. The van der Waals surface area contributed by atoms with E-state index in [-0.39, 0.29) is 0 Å². The molecule has 0 N–H and O–H groups in total. The van der Waals surface area contributed by atoms with E-state index >= 15 is 0 Å². The summed E-state index contributed by atoms with van der Waals surface area (Å²) < 4.78 is 13.4. The Morgan fingerprint density at radius 2 is 0.662 bits per heavy atom. The smallest absolute Gasteiger partial charge is 0.143 e. The highest BCUT2D eigenvalue weighted by atomic mass is 16.3. The Morgan fingerprint density at radius 3 is 1.11 bits per heavy atom. The molecule has 0 unspecified atom stereocenters. The Morgan fingerprint density at radius 1 is 0.287 bits per heavy atom. The van der Waals surface area contributed by atoms with Gasteiger partial charge >= 0.3 is 0 Å². The van der Waals surface area contributed by atoms with Crippen LogP contribution in [-0.4, -0.2) is 0 Å². The van der Waals surface area contributed by atoms with Gasteiger partial charge in [-0.05, 0) is 154 Å². The van der Waals surface area contributed by atoms with Crippen molar-refractivity contribution in [2.24, 2.45) is 0 Å². The number of hydrogen-bond donors (Lipinski definition) is 0. The molecule has 2 heterocycles. The predicted molar refractivity (Wildman–Crippen MR) is 337 cm³/mol. The van der Waals surface area contributed by atoms with E-state index < -0.39 is 0 Å². The van der Waals surface area contributed by atoms with E-state index in [1.807, 2.05) is 0 Å². The highest BCUT2D eigenvalue weighted by Gasteiger charge is 2.30. The van der Waals surface area contributed by atoms with Crippen LogP contribution in [0.4, 0.5) is 34.1 Å². The second-order valence-electron chi connectivity index (χ2n) is 22.7. The Balaban J connectivity index is 0.956. The third kappa shape index (κ3) is 7.71. The number of rotatable bonds is 10. The minimum atomic E-state index is 0.457. The Kier molecular flexibility index (Phi) is 11.4. The molecule has 12 aromatic carbocycles. The van der Waals surface area contributed by atoms with Gasteiger partial charge in [-0.1, -0.05) is 196 Å². The first-order valence-electron chi connectivity index (χ1n) is 29.2. The third-order valence-electron chi connectivity index (χ3n) is 18.2. The van der Waals surface area contributed by atoms with Crippen LogP contribution in [0.25, 0.3) is 98.4 Å². The molecule has 0 aliphatic heterocycles. The van der Waals surface area contributed by atoms with Crippen molar-refractivity contribution in [1.29, 1.82) is 0 Å². The van der Waals surface area contributed by atoms with Gasteiger partial charge in [0.05, 0.1) is 11.4 Å². The molecular weight excluding hydrogens is 973 g/mol. The molecular formula is C76H60N2O2. The Hall–Kier alpha value is -9.12. The molecule has 0 radical (unpaired) electrons. The van der Waals surface area contributed by atoms with Gasteiger partial charge in [0.15, 0.2) is 0 Å². The van der Waals surface area contributed by atoms with Gasteiger partial charge in [-0.25, -0.2) is 0 Å².